The van der Waals surface area contributed by atoms with Crippen molar-refractivity contribution in [1.82, 2.24) is 4.57 Å². The average Bonchev–Trinajstić information content (AvgIpc) is 3.20. The van der Waals surface area contributed by atoms with Crippen molar-refractivity contribution in [2.24, 2.45) is 4.99 Å². The SMILES string of the molecule is O=C(CCSC1=NCCS1)n1c2c(c3ccccc31)CCCC2. The summed E-state index contributed by atoms with van der Waals surface area (Å²) in [6.45, 7) is 0.927. The summed E-state index contributed by atoms with van der Waals surface area (Å²) >= 11 is 3.54. The second kappa shape index (κ2) is 6.73. The number of carbonyl (C=O) groups excluding carboxylic acids is 1. The molecule has 0 fully saturated rings. The summed E-state index contributed by atoms with van der Waals surface area (Å²) in [6, 6.07) is 8.38. The van der Waals surface area contributed by atoms with Gasteiger partial charge in [-0.15, -0.1) is 0 Å². The van der Waals surface area contributed by atoms with Crippen LogP contribution in [-0.4, -0.2) is 32.9 Å². The summed E-state index contributed by atoms with van der Waals surface area (Å²) < 4.78 is 3.16. The minimum atomic E-state index is 0.237. The Morgan fingerprint density at radius 3 is 3.00 bits per heavy atom. The molecule has 0 spiro atoms. The number of aromatic nitrogens is 1. The van der Waals surface area contributed by atoms with Gasteiger partial charge in [-0.05, 0) is 37.3 Å². The molecule has 2 aromatic rings. The standard InChI is InChI=1S/C18H20N2OS2/c21-17(9-11-22-18-19-10-12-23-18)20-15-7-3-1-5-13(15)14-6-2-4-8-16(14)20/h1,3,5,7H,2,4,6,8-12H2. The molecule has 23 heavy (non-hydrogen) atoms. The second-order valence-electron chi connectivity index (χ2n) is 5.97. The van der Waals surface area contributed by atoms with Crippen LogP contribution < -0.4 is 0 Å². The van der Waals surface area contributed by atoms with E-state index in [1.165, 1.54) is 29.5 Å². The highest BCUT2D eigenvalue weighted by molar-refractivity contribution is 8.39. The number of nitrogens with zero attached hydrogens (tertiary/aromatic N) is 2. The molecule has 0 unspecified atom stereocenters. The van der Waals surface area contributed by atoms with E-state index >= 15 is 0 Å². The number of benzene rings is 1. The zero-order valence-corrected chi connectivity index (χ0v) is 14.7. The number of rotatable bonds is 3. The van der Waals surface area contributed by atoms with E-state index in [1.54, 1.807) is 11.8 Å². The fraction of sp³-hybridized carbons (Fsp3) is 0.444. The lowest BCUT2D eigenvalue weighted by molar-refractivity contribution is 0.0912. The third-order valence-corrected chi connectivity index (χ3v) is 6.78. The van der Waals surface area contributed by atoms with E-state index in [9.17, 15) is 4.79 Å². The Bertz CT molecular complexity index is 779. The Kier molecular flexibility index (Phi) is 4.49. The second-order valence-corrected chi connectivity index (χ2v) is 8.40. The first kappa shape index (κ1) is 15.3. The van der Waals surface area contributed by atoms with Gasteiger partial charge in [0.15, 0.2) is 0 Å². The lowest BCUT2D eigenvalue weighted by Crippen LogP contribution is -2.16. The first-order chi connectivity index (χ1) is 11.3. The molecule has 0 radical (unpaired) electrons. The Morgan fingerprint density at radius 2 is 2.13 bits per heavy atom. The van der Waals surface area contributed by atoms with E-state index in [1.807, 2.05) is 22.4 Å². The minimum Gasteiger partial charge on any atom is -0.284 e. The molecule has 2 heterocycles. The first-order valence-corrected chi connectivity index (χ1v) is 10.3. The Labute approximate surface area is 144 Å². The van der Waals surface area contributed by atoms with E-state index in [4.69, 9.17) is 0 Å². The summed E-state index contributed by atoms with van der Waals surface area (Å²) in [5.41, 5.74) is 3.77. The van der Waals surface area contributed by atoms with Gasteiger partial charge in [-0.25, -0.2) is 0 Å². The van der Waals surface area contributed by atoms with E-state index in [2.05, 4.69) is 23.2 Å². The number of hydrogen-bond donors (Lipinski definition) is 0. The predicted octanol–water partition coefficient (Wildman–Crippen LogP) is 4.39. The molecule has 0 saturated carbocycles. The van der Waals surface area contributed by atoms with Crippen LogP contribution in [0.3, 0.4) is 0 Å². The summed E-state index contributed by atoms with van der Waals surface area (Å²) in [7, 11) is 0. The molecule has 1 aromatic heterocycles. The molecule has 0 bridgehead atoms. The maximum Gasteiger partial charge on any atom is 0.232 e. The van der Waals surface area contributed by atoms with Crippen molar-refractivity contribution in [1.29, 1.82) is 0 Å². The van der Waals surface area contributed by atoms with Crippen molar-refractivity contribution < 1.29 is 4.79 Å². The molecule has 1 aliphatic heterocycles. The predicted molar refractivity (Wildman–Crippen MR) is 101 cm³/mol. The number of para-hydroxylation sites is 1. The Balaban J connectivity index is 1.58. The Hall–Kier alpha value is -1.20. The fourth-order valence-electron chi connectivity index (χ4n) is 3.52. The van der Waals surface area contributed by atoms with Crippen LogP contribution in [0.1, 0.15) is 35.3 Å². The monoisotopic (exact) mass is 344 g/mol. The van der Waals surface area contributed by atoms with Gasteiger partial charge < -0.3 is 0 Å². The van der Waals surface area contributed by atoms with Crippen LogP contribution in [0.4, 0.5) is 0 Å². The molecule has 1 aliphatic carbocycles. The van der Waals surface area contributed by atoms with Crippen LogP contribution in [0, 0.1) is 0 Å². The van der Waals surface area contributed by atoms with Gasteiger partial charge >= 0.3 is 0 Å². The molecule has 4 rings (SSSR count). The van der Waals surface area contributed by atoms with Gasteiger partial charge in [-0.3, -0.25) is 14.4 Å². The normalized spacial score (nSPS) is 17.3. The fourth-order valence-corrected chi connectivity index (χ4v) is 5.53. The summed E-state index contributed by atoms with van der Waals surface area (Å²) in [5.74, 6) is 2.15. The van der Waals surface area contributed by atoms with Crippen molar-refractivity contribution in [3.8, 4) is 0 Å². The van der Waals surface area contributed by atoms with Crippen LogP contribution in [0.25, 0.3) is 10.9 Å². The Morgan fingerprint density at radius 1 is 1.26 bits per heavy atom. The maximum atomic E-state index is 12.9. The van der Waals surface area contributed by atoms with E-state index in [0.717, 1.165) is 40.8 Å². The summed E-state index contributed by atoms with van der Waals surface area (Å²) in [6.07, 6.45) is 5.15. The highest BCUT2D eigenvalue weighted by Crippen LogP contribution is 2.32. The van der Waals surface area contributed by atoms with Crippen molar-refractivity contribution in [2.45, 2.75) is 32.1 Å². The molecular weight excluding hydrogens is 324 g/mol. The largest absolute Gasteiger partial charge is 0.284 e. The average molecular weight is 345 g/mol. The molecule has 0 saturated heterocycles. The van der Waals surface area contributed by atoms with Crippen LogP contribution in [0.5, 0.6) is 0 Å². The zero-order valence-electron chi connectivity index (χ0n) is 13.1. The molecule has 3 nitrogen and oxygen atoms in total. The number of aliphatic imine (C=N–C) groups is 1. The van der Waals surface area contributed by atoms with Crippen molar-refractivity contribution in [2.75, 3.05) is 18.1 Å². The number of fused-ring (bicyclic) bond motifs is 3. The van der Waals surface area contributed by atoms with Crippen LogP contribution in [-0.2, 0) is 12.8 Å². The zero-order chi connectivity index (χ0) is 15.6. The van der Waals surface area contributed by atoms with E-state index < -0.39 is 0 Å². The van der Waals surface area contributed by atoms with Gasteiger partial charge in [-0.2, -0.15) is 0 Å². The smallest absolute Gasteiger partial charge is 0.232 e. The molecular formula is C18H20N2OS2. The van der Waals surface area contributed by atoms with Gasteiger partial charge in [-0.1, -0.05) is 41.7 Å². The van der Waals surface area contributed by atoms with Crippen LogP contribution in [0.2, 0.25) is 0 Å². The third-order valence-electron chi connectivity index (χ3n) is 4.53. The first-order valence-electron chi connectivity index (χ1n) is 8.29. The van der Waals surface area contributed by atoms with Crippen molar-refractivity contribution in [3.05, 3.63) is 35.5 Å². The molecule has 0 N–H and O–H groups in total. The van der Waals surface area contributed by atoms with E-state index in [0.29, 0.717) is 6.42 Å². The summed E-state index contributed by atoms with van der Waals surface area (Å²) in [5, 5.41) is 1.28. The number of thioether (sulfide) groups is 2. The van der Waals surface area contributed by atoms with E-state index in [-0.39, 0.29) is 5.91 Å². The molecule has 120 valence electrons. The van der Waals surface area contributed by atoms with Crippen molar-refractivity contribution >= 4 is 44.7 Å². The van der Waals surface area contributed by atoms with Gasteiger partial charge in [0.1, 0.15) is 4.38 Å². The molecule has 5 heteroatoms. The van der Waals surface area contributed by atoms with Gasteiger partial charge in [0.05, 0.1) is 12.1 Å². The number of hydrogen-bond acceptors (Lipinski definition) is 4. The maximum absolute atomic E-state index is 12.9. The van der Waals surface area contributed by atoms with Gasteiger partial charge in [0.2, 0.25) is 5.91 Å². The quantitative estimate of drug-likeness (QED) is 0.828. The van der Waals surface area contributed by atoms with Crippen molar-refractivity contribution in [3.63, 3.8) is 0 Å². The number of aryl methyl sites for hydroxylation is 1. The topological polar surface area (TPSA) is 34.4 Å². The summed E-state index contributed by atoms with van der Waals surface area (Å²) in [4.78, 5) is 17.3. The van der Waals surface area contributed by atoms with Crippen LogP contribution >= 0.6 is 23.5 Å². The highest BCUT2D eigenvalue weighted by atomic mass is 32.2. The highest BCUT2D eigenvalue weighted by Gasteiger charge is 2.23. The lowest BCUT2D eigenvalue weighted by Gasteiger charge is -2.15. The minimum absolute atomic E-state index is 0.237. The third kappa shape index (κ3) is 2.96. The molecule has 0 atom stereocenters. The van der Waals surface area contributed by atoms with Gasteiger partial charge in [0, 0.05) is 29.0 Å². The molecule has 2 aliphatic rings. The van der Waals surface area contributed by atoms with Crippen LogP contribution in [0.15, 0.2) is 29.3 Å². The molecule has 1 aromatic carbocycles. The lowest BCUT2D eigenvalue weighted by atomic mass is 9.95. The number of carbonyl (C=O) groups is 1. The molecule has 0 amide bonds. The van der Waals surface area contributed by atoms with Gasteiger partial charge in [0.25, 0.3) is 0 Å².